The van der Waals surface area contributed by atoms with Gasteiger partial charge in [0.05, 0.1) is 12.6 Å². The number of nitrogens with one attached hydrogen (secondary N) is 2. The van der Waals surface area contributed by atoms with Crippen molar-refractivity contribution in [1.29, 1.82) is 0 Å². The van der Waals surface area contributed by atoms with Crippen LogP contribution in [0.1, 0.15) is 18.0 Å². The molecule has 27 heavy (non-hydrogen) atoms. The standard InChI is InChI=1S/C20H17ClN4O2/c21-15-8-4-7-14(9-15)16-12-23-25-17(20(27)24-19(16)25)10-18(26)22-11-13-5-2-1-3-6-13/h1-9,12,17H,10-11H2,(H,22,26)(H,24,27). The Morgan fingerprint density at radius 2 is 2.00 bits per heavy atom. The van der Waals surface area contributed by atoms with Gasteiger partial charge in [0.25, 0.3) is 5.91 Å². The lowest BCUT2D eigenvalue weighted by atomic mass is 10.1. The Hall–Kier alpha value is -3.12. The van der Waals surface area contributed by atoms with Crippen molar-refractivity contribution in [2.75, 3.05) is 5.32 Å². The molecule has 3 aromatic rings. The van der Waals surface area contributed by atoms with Crippen molar-refractivity contribution in [2.24, 2.45) is 0 Å². The molecule has 2 heterocycles. The molecule has 0 bridgehead atoms. The number of amides is 2. The van der Waals surface area contributed by atoms with Gasteiger partial charge in [-0.3, -0.25) is 9.59 Å². The van der Waals surface area contributed by atoms with Crippen LogP contribution in [-0.4, -0.2) is 21.6 Å². The van der Waals surface area contributed by atoms with Crippen molar-refractivity contribution in [2.45, 2.75) is 19.0 Å². The molecule has 2 aromatic carbocycles. The van der Waals surface area contributed by atoms with Gasteiger partial charge < -0.3 is 10.6 Å². The number of carbonyl (C=O) groups excluding carboxylic acids is 2. The van der Waals surface area contributed by atoms with Crippen LogP contribution in [0.25, 0.3) is 11.1 Å². The fourth-order valence-corrected chi connectivity index (χ4v) is 3.32. The van der Waals surface area contributed by atoms with E-state index in [4.69, 9.17) is 11.6 Å². The van der Waals surface area contributed by atoms with E-state index in [1.54, 1.807) is 16.9 Å². The molecule has 2 N–H and O–H groups in total. The van der Waals surface area contributed by atoms with E-state index in [1.165, 1.54) is 0 Å². The fourth-order valence-electron chi connectivity index (χ4n) is 3.12. The average Bonchev–Trinajstić information content (AvgIpc) is 3.20. The second-order valence-corrected chi connectivity index (χ2v) is 6.77. The summed E-state index contributed by atoms with van der Waals surface area (Å²) >= 11 is 6.06. The summed E-state index contributed by atoms with van der Waals surface area (Å²) in [5.74, 6) is 0.144. The molecule has 2 amide bonds. The zero-order valence-corrected chi connectivity index (χ0v) is 15.1. The molecule has 1 aromatic heterocycles. The maximum atomic E-state index is 12.4. The normalized spacial score (nSPS) is 15.3. The molecule has 1 atom stereocenters. The Labute approximate surface area is 161 Å². The molecule has 1 aliphatic heterocycles. The lowest BCUT2D eigenvalue weighted by molar-refractivity contribution is -0.126. The highest BCUT2D eigenvalue weighted by Crippen LogP contribution is 2.36. The Balaban J connectivity index is 1.48. The van der Waals surface area contributed by atoms with Crippen LogP contribution in [0.3, 0.4) is 0 Å². The largest absolute Gasteiger partial charge is 0.352 e. The Kier molecular flexibility index (Phi) is 4.64. The van der Waals surface area contributed by atoms with Gasteiger partial charge in [-0.25, -0.2) is 4.68 Å². The maximum absolute atomic E-state index is 12.4. The highest BCUT2D eigenvalue weighted by atomic mass is 35.5. The minimum absolute atomic E-state index is 0.0301. The molecular weight excluding hydrogens is 364 g/mol. The summed E-state index contributed by atoms with van der Waals surface area (Å²) in [6, 6.07) is 16.3. The number of anilines is 1. The van der Waals surface area contributed by atoms with Crippen molar-refractivity contribution in [3.8, 4) is 11.1 Å². The summed E-state index contributed by atoms with van der Waals surface area (Å²) in [5.41, 5.74) is 2.64. The van der Waals surface area contributed by atoms with Gasteiger partial charge in [0, 0.05) is 17.1 Å². The molecule has 136 valence electrons. The molecule has 4 rings (SSSR count). The van der Waals surface area contributed by atoms with Crippen molar-refractivity contribution in [3.63, 3.8) is 0 Å². The second kappa shape index (κ2) is 7.25. The molecule has 0 aliphatic carbocycles. The monoisotopic (exact) mass is 380 g/mol. The Morgan fingerprint density at radius 3 is 2.78 bits per heavy atom. The summed E-state index contributed by atoms with van der Waals surface area (Å²) in [7, 11) is 0. The first-order valence-electron chi connectivity index (χ1n) is 8.57. The van der Waals surface area contributed by atoms with Crippen molar-refractivity contribution < 1.29 is 9.59 Å². The van der Waals surface area contributed by atoms with Gasteiger partial charge >= 0.3 is 0 Å². The summed E-state index contributed by atoms with van der Waals surface area (Å²) in [4.78, 5) is 24.7. The first-order chi connectivity index (χ1) is 13.1. The summed E-state index contributed by atoms with van der Waals surface area (Å²) in [5, 5.41) is 10.6. The molecule has 0 saturated carbocycles. The number of hydrogen-bond donors (Lipinski definition) is 2. The molecule has 0 radical (unpaired) electrons. The van der Waals surface area contributed by atoms with E-state index in [9.17, 15) is 9.59 Å². The lowest BCUT2D eigenvalue weighted by Crippen LogP contribution is -2.28. The third-order valence-corrected chi connectivity index (χ3v) is 4.72. The first-order valence-corrected chi connectivity index (χ1v) is 8.94. The zero-order chi connectivity index (χ0) is 18.8. The van der Waals surface area contributed by atoms with E-state index in [-0.39, 0.29) is 18.2 Å². The fraction of sp³-hybridized carbons (Fsp3) is 0.150. The maximum Gasteiger partial charge on any atom is 0.251 e. The Morgan fingerprint density at radius 1 is 1.19 bits per heavy atom. The highest BCUT2D eigenvalue weighted by molar-refractivity contribution is 6.30. The SMILES string of the molecule is O=C(CC1C(=O)Nc2c(-c3cccc(Cl)c3)cnn21)NCc1ccccc1. The summed E-state index contributed by atoms with van der Waals surface area (Å²) in [6.07, 6.45) is 1.71. The van der Waals surface area contributed by atoms with Crippen molar-refractivity contribution >= 4 is 29.2 Å². The van der Waals surface area contributed by atoms with E-state index >= 15 is 0 Å². The molecule has 1 unspecified atom stereocenters. The molecule has 1 aliphatic rings. The lowest BCUT2D eigenvalue weighted by Gasteiger charge is -2.10. The summed E-state index contributed by atoms with van der Waals surface area (Å²) < 4.78 is 1.57. The third kappa shape index (κ3) is 3.57. The third-order valence-electron chi connectivity index (χ3n) is 4.48. The predicted octanol–water partition coefficient (Wildman–Crippen LogP) is 3.40. The molecule has 6 nitrogen and oxygen atoms in total. The van der Waals surface area contributed by atoms with E-state index in [1.807, 2.05) is 48.5 Å². The van der Waals surface area contributed by atoms with Crippen molar-refractivity contribution in [3.05, 3.63) is 71.4 Å². The molecule has 0 spiro atoms. The molecule has 7 heteroatoms. The molecule has 0 saturated heterocycles. The van der Waals surface area contributed by atoms with Gasteiger partial charge in [-0.05, 0) is 23.3 Å². The van der Waals surface area contributed by atoms with Crippen LogP contribution in [0.15, 0.2) is 60.8 Å². The Bertz CT molecular complexity index is 1000. The van der Waals surface area contributed by atoms with Crippen LogP contribution in [0, 0.1) is 0 Å². The van der Waals surface area contributed by atoms with Crippen LogP contribution in [0.4, 0.5) is 5.82 Å². The second-order valence-electron chi connectivity index (χ2n) is 6.33. The topological polar surface area (TPSA) is 76.0 Å². The zero-order valence-electron chi connectivity index (χ0n) is 14.4. The van der Waals surface area contributed by atoms with Gasteiger partial charge in [0.2, 0.25) is 5.91 Å². The van der Waals surface area contributed by atoms with Gasteiger partial charge in [0.15, 0.2) is 0 Å². The number of aromatic nitrogens is 2. The number of benzene rings is 2. The number of hydrogen-bond acceptors (Lipinski definition) is 3. The predicted molar refractivity (Wildman–Crippen MR) is 103 cm³/mol. The van der Waals surface area contributed by atoms with E-state index in [2.05, 4.69) is 15.7 Å². The molecular formula is C20H17ClN4O2. The van der Waals surface area contributed by atoms with Crippen molar-refractivity contribution in [1.82, 2.24) is 15.1 Å². The minimum Gasteiger partial charge on any atom is -0.352 e. The average molecular weight is 381 g/mol. The van der Waals surface area contributed by atoms with Crippen LogP contribution in [0.2, 0.25) is 5.02 Å². The van der Waals surface area contributed by atoms with Gasteiger partial charge in [0.1, 0.15) is 11.9 Å². The number of rotatable bonds is 5. The van der Waals surface area contributed by atoms with Crippen LogP contribution < -0.4 is 10.6 Å². The first kappa shape index (κ1) is 17.3. The smallest absolute Gasteiger partial charge is 0.251 e. The van der Waals surface area contributed by atoms with Gasteiger partial charge in [-0.2, -0.15) is 5.10 Å². The number of fused-ring (bicyclic) bond motifs is 1. The van der Waals surface area contributed by atoms with E-state index < -0.39 is 6.04 Å². The van der Waals surface area contributed by atoms with E-state index in [0.29, 0.717) is 17.4 Å². The highest BCUT2D eigenvalue weighted by Gasteiger charge is 2.35. The van der Waals surface area contributed by atoms with Crippen LogP contribution in [0.5, 0.6) is 0 Å². The number of halogens is 1. The van der Waals surface area contributed by atoms with E-state index in [0.717, 1.165) is 16.7 Å². The number of nitrogens with zero attached hydrogens (tertiary/aromatic N) is 2. The van der Waals surface area contributed by atoms with Gasteiger partial charge in [-0.1, -0.05) is 54.1 Å². The molecule has 0 fully saturated rings. The van der Waals surface area contributed by atoms with Crippen LogP contribution in [-0.2, 0) is 16.1 Å². The minimum atomic E-state index is -0.663. The van der Waals surface area contributed by atoms with Crippen LogP contribution >= 0.6 is 11.6 Å². The quantitative estimate of drug-likeness (QED) is 0.712. The van der Waals surface area contributed by atoms with Gasteiger partial charge in [-0.15, -0.1) is 0 Å². The number of carbonyl (C=O) groups is 2. The summed E-state index contributed by atoms with van der Waals surface area (Å²) in [6.45, 7) is 0.424.